The van der Waals surface area contributed by atoms with Gasteiger partial charge in [0.1, 0.15) is 0 Å². The molecule has 0 unspecified atom stereocenters. The van der Waals surface area contributed by atoms with E-state index in [0.717, 1.165) is 39.3 Å². The molecule has 2 aliphatic rings. The third-order valence-electron chi connectivity index (χ3n) is 5.16. The van der Waals surface area contributed by atoms with Gasteiger partial charge in [-0.1, -0.05) is 27.7 Å². The molecule has 0 aromatic carbocycles. The van der Waals surface area contributed by atoms with Crippen molar-refractivity contribution >= 4 is 0 Å². The van der Waals surface area contributed by atoms with E-state index < -0.39 is 0 Å². The van der Waals surface area contributed by atoms with Crippen molar-refractivity contribution in [2.45, 2.75) is 46.3 Å². The fourth-order valence-corrected chi connectivity index (χ4v) is 3.74. The Labute approximate surface area is 130 Å². The predicted octanol–water partition coefficient (Wildman–Crippen LogP) is 1.27. The minimum absolute atomic E-state index is 0.206. The summed E-state index contributed by atoms with van der Waals surface area (Å²) in [6.07, 6.45) is 0.910. The Bertz CT molecular complexity index is 280. The first-order valence-corrected chi connectivity index (χ1v) is 8.66. The lowest BCUT2D eigenvalue weighted by atomic mass is 9.84. The number of hydrogen-bond donors (Lipinski definition) is 2. The van der Waals surface area contributed by atoms with Gasteiger partial charge in [0.05, 0.1) is 12.2 Å². The number of likely N-dealkylation sites (tertiary alicyclic amines) is 2. The summed E-state index contributed by atoms with van der Waals surface area (Å²) in [5, 5.41) is 20.2. The number of β-amino-alcohol motifs (C(OH)–C–C–N with tert-alkyl or cyclic N) is 2. The molecule has 4 heteroatoms. The lowest BCUT2D eigenvalue weighted by molar-refractivity contribution is -0.0167. The van der Waals surface area contributed by atoms with Crippen LogP contribution >= 0.6 is 0 Å². The number of nitrogens with zero attached hydrogens (tertiary/aromatic N) is 2. The van der Waals surface area contributed by atoms with Crippen molar-refractivity contribution in [1.29, 1.82) is 0 Å². The van der Waals surface area contributed by atoms with Crippen LogP contribution in [0.5, 0.6) is 0 Å². The zero-order chi connectivity index (χ0) is 15.6. The predicted molar refractivity (Wildman–Crippen MR) is 86.2 cm³/mol. The van der Waals surface area contributed by atoms with Gasteiger partial charge in [-0.25, -0.2) is 0 Å². The fraction of sp³-hybridized carbons (Fsp3) is 1.00. The monoisotopic (exact) mass is 298 g/mol. The molecule has 2 fully saturated rings. The van der Waals surface area contributed by atoms with E-state index in [1.54, 1.807) is 0 Å². The molecule has 0 saturated carbocycles. The van der Waals surface area contributed by atoms with Crippen molar-refractivity contribution < 1.29 is 10.2 Å². The molecule has 21 heavy (non-hydrogen) atoms. The van der Waals surface area contributed by atoms with E-state index in [9.17, 15) is 10.2 Å². The second-order valence-corrected chi connectivity index (χ2v) is 8.03. The minimum atomic E-state index is -0.206. The van der Waals surface area contributed by atoms with Gasteiger partial charge in [0, 0.05) is 39.3 Å². The number of aliphatic hydroxyl groups excluding tert-OH is 2. The smallest absolute Gasteiger partial charge is 0.0689 e. The van der Waals surface area contributed by atoms with E-state index >= 15 is 0 Å². The molecule has 0 aromatic heterocycles. The fourth-order valence-electron chi connectivity index (χ4n) is 3.74. The molecule has 2 aliphatic heterocycles. The average Bonchev–Trinajstić information content (AvgIpc) is 2.37. The van der Waals surface area contributed by atoms with Crippen molar-refractivity contribution in [3.8, 4) is 0 Å². The van der Waals surface area contributed by atoms with E-state index in [1.165, 1.54) is 6.42 Å². The summed E-state index contributed by atoms with van der Waals surface area (Å²) in [7, 11) is 0. The first kappa shape index (κ1) is 17.2. The summed E-state index contributed by atoms with van der Waals surface area (Å²) in [5.74, 6) is 2.08. The molecular weight excluding hydrogens is 264 g/mol. The molecule has 2 heterocycles. The van der Waals surface area contributed by atoms with Crippen molar-refractivity contribution in [3.05, 3.63) is 0 Å². The highest BCUT2D eigenvalue weighted by atomic mass is 16.3. The summed E-state index contributed by atoms with van der Waals surface area (Å²) < 4.78 is 0. The standard InChI is InChI=1S/C17H34N2O2/c1-12(2)16(20)10-18-6-14-5-15(7-18)9-19(8-14)11-17(21)13(3)4/h12-17,20-21H,5-11H2,1-4H3/t14?,15?,16-,17-/m0/s1. The third kappa shape index (κ3) is 4.92. The average molecular weight is 298 g/mol. The van der Waals surface area contributed by atoms with Gasteiger partial charge >= 0.3 is 0 Å². The second-order valence-electron chi connectivity index (χ2n) is 8.03. The molecule has 0 radical (unpaired) electrons. The topological polar surface area (TPSA) is 46.9 Å². The highest BCUT2D eigenvalue weighted by molar-refractivity contribution is 4.89. The Morgan fingerprint density at radius 1 is 0.762 bits per heavy atom. The first-order valence-electron chi connectivity index (χ1n) is 8.66. The SMILES string of the molecule is CC(C)[C@@H](O)CN1CC2CC(C1)CN(C[C@H](O)C(C)C)C2. The van der Waals surface area contributed by atoms with Gasteiger partial charge in [-0.2, -0.15) is 0 Å². The Morgan fingerprint density at radius 2 is 1.10 bits per heavy atom. The summed E-state index contributed by atoms with van der Waals surface area (Å²) in [6, 6.07) is 0. The van der Waals surface area contributed by atoms with Gasteiger partial charge in [0.15, 0.2) is 0 Å². The van der Waals surface area contributed by atoms with Crippen LogP contribution in [0.15, 0.2) is 0 Å². The van der Waals surface area contributed by atoms with E-state index in [2.05, 4.69) is 37.5 Å². The van der Waals surface area contributed by atoms with Crippen molar-refractivity contribution in [3.63, 3.8) is 0 Å². The first-order chi connectivity index (χ1) is 9.85. The number of hydrogen-bond acceptors (Lipinski definition) is 4. The highest BCUT2D eigenvalue weighted by Crippen LogP contribution is 2.29. The molecule has 2 N–H and O–H groups in total. The Kier molecular flexibility index (Phi) is 6.06. The Hall–Kier alpha value is -0.160. The van der Waals surface area contributed by atoms with Crippen LogP contribution in [0.25, 0.3) is 0 Å². The van der Waals surface area contributed by atoms with E-state index in [0.29, 0.717) is 23.7 Å². The number of aliphatic hydroxyl groups is 2. The van der Waals surface area contributed by atoms with Crippen LogP contribution in [-0.2, 0) is 0 Å². The maximum atomic E-state index is 10.1. The molecule has 0 aliphatic carbocycles. The maximum Gasteiger partial charge on any atom is 0.0689 e. The van der Waals surface area contributed by atoms with Crippen LogP contribution in [0.1, 0.15) is 34.1 Å². The van der Waals surface area contributed by atoms with Gasteiger partial charge in [-0.05, 0) is 30.1 Å². The highest BCUT2D eigenvalue weighted by Gasteiger charge is 2.35. The zero-order valence-corrected chi connectivity index (χ0v) is 14.2. The van der Waals surface area contributed by atoms with E-state index in [-0.39, 0.29) is 12.2 Å². The number of piperidine rings is 2. The Morgan fingerprint density at radius 3 is 1.38 bits per heavy atom. The van der Waals surface area contributed by atoms with Crippen molar-refractivity contribution in [1.82, 2.24) is 9.80 Å². The molecule has 2 rings (SSSR count). The molecule has 2 atom stereocenters. The molecule has 0 spiro atoms. The van der Waals surface area contributed by atoms with Gasteiger partial charge < -0.3 is 20.0 Å². The van der Waals surface area contributed by atoms with Gasteiger partial charge in [-0.15, -0.1) is 0 Å². The number of rotatable bonds is 6. The van der Waals surface area contributed by atoms with Crippen LogP contribution in [0.2, 0.25) is 0 Å². The maximum absolute atomic E-state index is 10.1. The molecule has 2 saturated heterocycles. The molecule has 0 amide bonds. The van der Waals surface area contributed by atoms with Gasteiger partial charge in [0.2, 0.25) is 0 Å². The summed E-state index contributed by atoms with van der Waals surface area (Å²) in [4.78, 5) is 4.92. The lowest BCUT2D eigenvalue weighted by Crippen LogP contribution is -2.55. The summed E-state index contributed by atoms with van der Waals surface area (Å²) in [6.45, 7) is 14.4. The molecule has 2 bridgehead atoms. The summed E-state index contributed by atoms with van der Waals surface area (Å²) in [5.41, 5.74) is 0. The molecular formula is C17H34N2O2. The zero-order valence-electron chi connectivity index (χ0n) is 14.2. The minimum Gasteiger partial charge on any atom is -0.392 e. The van der Waals surface area contributed by atoms with E-state index in [4.69, 9.17) is 0 Å². The van der Waals surface area contributed by atoms with Crippen LogP contribution in [0, 0.1) is 23.7 Å². The van der Waals surface area contributed by atoms with Gasteiger partial charge in [0.25, 0.3) is 0 Å². The molecule has 0 aromatic rings. The lowest BCUT2D eigenvalue weighted by Gasteiger charge is -2.47. The largest absolute Gasteiger partial charge is 0.392 e. The Balaban J connectivity index is 1.82. The van der Waals surface area contributed by atoms with Crippen LogP contribution in [0.4, 0.5) is 0 Å². The number of fused-ring (bicyclic) bond motifs is 2. The summed E-state index contributed by atoms with van der Waals surface area (Å²) >= 11 is 0. The van der Waals surface area contributed by atoms with Gasteiger partial charge in [-0.3, -0.25) is 0 Å². The van der Waals surface area contributed by atoms with Crippen molar-refractivity contribution in [2.24, 2.45) is 23.7 Å². The van der Waals surface area contributed by atoms with Crippen LogP contribution in [0.3, 0.4) is 0 Å². The van der Waals surface area contributed by atoms with Crippen molar-refractivity contribution in [2.75, 3.05) is 39.3 Å². The van der Waals surface area contributed by atoms with Crippen LogP contribution in [-0.4, -0.2) is 71.5 Å². The van der Waals surface area contributed by atoms with E-state index in [1.807, 2.05) is 0 Å². The third-order valence-corrected chi connectivity index (χ3v) is 5.16. The molecule has 4 nitrogen and oxygen atoms in total. The molecule has 124 valence electrons. The normalized spacial score (nSPS) is 30.9. The second kappa shape index (κ2) is 7.40. The van der Waals surface area contributed by atoms with Crippen LogP contribution < -0.4 is 0 Å². The quantitative estimate of drug-likeness (QED) is 0.775.